The summed E-state index contributed by atoms with van der Waals surface area (Å²) in [5.74, 6) is 0. The van der Waals surface area contributed by atoms with Crippen molar-refractivity contribution in [2.75, 3.05) is 7.11 Å². The molecule has 2 nitrogen and oxygen atoms in total. The Morgan fingerprint density at radius 3 is 2.11 bits per heavy atom. The lowest BCUT2D eigenvalue weighted by Gasteiger charge is -2.38. The van der Waals surface area contributed by atoms with Gasteiger partial charge >= 0.3 is 0 Å². The molecule has 110 valence electrons. The number of methoxy groups -OCH3 is 1. The van der Waals surface area contributed by atoms with Crippen LogP contribution < -0.4 is 0 Å². The fourth-order valence-corrected chi connectivity index (χ4v) is 2.87. The molecule has 0 radical (unpaired) electrons. The van der Waals surface area contributed by atoms with Crippen molar-refractivity contribution in [1.29, 1.82) is 0 Å². The second-order valence-electron chi connectivity index (χ2n) is 6.79. The van der Waals surface area contributed by atoms with Crippen LogP contribution in [-0.2, 0) is 4.74 Å². The predicted octanol–water partition coefficient (Wildman–Crippen LogP) is 4.38. The molecule has 0 aromatic carbocycles. The molecule has 0 rings (SSSR count). The fraction of sp³-hybridized carbons (Fsp3) is 1.00. The molecule has 0 amide bonds. The Balaban J connectivity index is 4.04. The summed E-state index contributed by atoms with van der Waals surface area (Å²) in [5, 5.41) is 10.0. The molecule has 0 aliphatic rings. The largest absolute Gasteiger partial charge is 0.394 e. The van der Waals surface area contributed by atoms with Gasteiger partial charge in [0.1, 0.15) is 0 Å². The molecule has 1 N–H and O–H groups in total. The number of hydrogen-bond acceptors (Lipinski definition) is 2. The van der Waals surface area contributed by atoms with Crippen molar-refractivity contribution in [3.8, 4) is 0 Å². The standard InChI is InChI=1S/C15H34O2Si/c1-7-8-9-10-11-12-14(17-3)13-15(2,16)18(4,5)6/h14,16H,7-13H2,1-6H3/t14-,15+/m1/s1. The highest BCUT2D eigenvalue weighted by atomic mass is 28.3. The van der Waals surface area contributed by atoms with E-state index in [1.165, 1.54) is 32.1 Å². The van der Waals surface area contributed by atoms with Gasteiger partial charge in [0.25, 0.3) is 0 Å². The molecular weight excluding hydrogens is 240 g/mol. The summed E-state index contributed by atoms with van der Waals surface area (Å²) in [4.78, 5) is 0. The molecule has 18 heavy (non-hydrogen) atoms. The second kappa shape index (κ2) is 8.34. The molecule has 0 spiro atoms. The van der Waals surface area contributed by atoms with Crippen LogP contribution in [0.5, 0.6) is 0 Å². The SMILES string of the molecule is CCCCCCC[C@H](C[C@@](C)(O)[Si](C)(C)C)OC. The summed E-state index contributed by atoms with van der Waals surface area (Å²) < 4.78 is 5.55. The minimum atomic E-state index is -1.55. The summed E-state index contributed by atoms with van der Waals surface area (Å²) in [6, 6.07) is 0. The Hall–Kier alpha value is 0.137. The van der Waals surface area contributed by atoms with Crippen LogP contribution >= 0.6 is 0 Å². The lowest BCUT2D eigenvalue weighted by molar-refractivity contribution is 0.0223. The first-order valence-corrected chi connectivity index (χ1v) is 11.0. The summed E-state index contributed by atoms with van der Waals surface area (Å²) >= 11 is 0. The van der Waals surface area contributed by atoms with Crippen LogP contribution in [0.3, 0.4) is 0 Å². The minimum absolute atomic E-state index is 0.216. The first-order valence-electron chi connectivity index (χ1n) is 7.49. The van der Waals surface area contributed by atoms with E-state index < -0.39 is 13.3 Å². The van der Waals surface area contributed by atoms with Gasteiger partial charge in [0.15, 0.2) is 0 Å². The summed E-state index contributed by atoms with van der Waals surface area (Å²) in [6.07, 6.45) is 8.56. The van der Waals surface area contributed by atoms with Gasteiger partial charge < -0.3 is 9.84 Å². The van der Waals surface area contributed by atoms with Crippen LogP contribution in [-0.4, -0.2) is 31.6 Å². The van der Waals surface area contributed by atoms with Crippen LogP contribution in [0.25, 0.3) is 0 Å². The number of ether oxygens (including phenoxy) is 1. The third-order valence-corrected chi connectivity index (χ3v) is 7.64. The number of rotatable bonds is 10. The quantitative estimate of drug-likeness (QED) is 0.473. The van der Waals surface area contributed by atoms with E-state index in [-0.39, 0.29) is 6.10 Å². The van der Waals surface area contributed by atoms with E-state index in [2.05, 4.69) is 26.6 Å². The molecular formula is C15H34O2Si. The van der Waals surface area contributed by atoms with Crippen LogP contribution in [0.1, 0.15) is 58.8 Å². The molecule has 0 bridgehead atoms. The van der Waals surface area contributed by atoms with Crippen LogP contribution in [0.4, 0.5) is 0 Å². The summed E-state index contributed by atoms with van der Waals surface area (Å²) in [7, 11) is 0.226. The van der Waals surface area contributed by atoms with Crippen molar-refractivity contribution in [3.63, 3.8) is 0 Å². The van der Waals surface area contributed by atoms with E-state index in [1.807, 2.05) is 6.92 Å². The van der Waals surface area contributed by atoms with Crippen molar-refractivity contribution < 1.29 is 9.84 Å². The lowest BCUT2D eigenvalue weighted by atomic mass is 10.0. The third kappa shape index (κ3) is 6.91. The van der Waals surface area contributed by atoms with Gasteiger partial charge in [-0.05, 0) is 19.8 Å². The Labute approximate surface area is 115 Å². The van der Waals surface area contributed by atoms with Crippen LogP contribution in [0.2, 0.25) is 19.6 Å². The zero-order chi connectivity index (χ0) is 14.2. The first kappa shape index (κ1) is 18.1. The maximum Gasteiger partial charge on any atom is 0.0818 e. The van der Waals surface area contributed by atoms with E-state index in [1.54, 1.807) is 7.11 Å². The van der Waals surface area contributed by atoms with Gasteiger partial charge in [-0.3, -0.25) is 0 Å². The molecule has 0 fully saturated rings. The molecule has 0 saturated carbocycles. The van der Waals surface area contributed by atoms with Gasteiger partial charge in [-0.25, -0.2) is 0 Å². The molecule has 0 aliphatic carbocycles. The Bertz CT molecular complexity index is 209. The van der Waals surface area contributed by atoms with E-state index in [4.69, 9.17) is 4.74 Å². The van der Waals surface area contributed by atoms with Crippen molar-refractivity contribution in [3.05, 3.63) is 0 Å². The van der Waals surface area contributed by atoms with E-state index in [9.17, 15) is 5.11 Å². The fourth-order valence-electron chi connectivity index (χ4n) is 2.03. The first-order chi connectivity index (χ1) is 8.24. The molecule has 0 saturated heterocycles. The van der Waals surface area contributed by atoms with Gasteiger partial charge in [-0.2, -0.15) is 0 Å². The van der Waals surface area contributed by atoms with Gasteiger partial charge in [-0.1, -0.05) is 58.7 Å². The molecule has 0 aromatic heterocycles. The average Bonchev–Trinajstić information content (AvgIpc) is 2.25. The van der Waals surface area contributed by atoms with E-state index >= 15 is 0 Å². The highest BCUT2D eigenvalue weighted by molar-refractivity contribution is 6.78. The van der Waals surface area contributed by atoms with Crippen LogP contribution in [0.15, 0.2) is 0 Å². The van der Waals surface area contributed by atoms with Gasteiger partial charge in [-0.15, -0.1) is 0 Å². The van der Waals surface area contributed by atoms with Gasteiger partial charge in [0.2, 0.25) is 0 Å². The Kier molecular flexibility index (Phi) is 8.40. The third-order valence-electron chi connectivity index (χ3n) is 4.20. The lowest BCUT2D eigenvalue weighted by Crippen LogP contribution is -2.51. The van der Waals surface area contributed by atoms with E-state index in [0.717, 1.165) is 12.8 Å². The predicted molar refractivity (Wildman–Crippen MR) is 82.8 cm³/mol. The summed E-state index contributed by atoms with van der Waals surface area (Å²) in [6.45, 7) is 10.9. The van der Waals surface area contributed by atoms with Crippen molar-refractivity contribution in [2.45, 2.75) is 89.8 Å². The molecule has 0 unspecified atom stereocenters. The molecule has 0 heterocycles. The highest BCUT2D eigenvalue weighted by Crippen LogP contribution is 2.27. The number of hydrogen-bond donors (Lipinski definition) is 1. The second-order valence-corrected chi connectivity index (χ2v) is 12.4. The number of aliphatic hydroxyl groups is 1. The topological polar surface area (TPSA) is 29.5 Å². The minimum Gasteiger partial charge on any atom is -0.394 e. The van der Waals surface area contributed by atoms with Crippen molar-refractivity contribution >= 4 is 8.07 Å². The van der Waals surface area contributed by atoms with Gasteiger partial charge in [0.05, 0.1) is 19.4 Å². The Morgan fingerprint density at radius 1 is 1.11 bits per heavy atom. The molecule has 2 atom stereocenters. The molecule has 3 heteroatoms. The zero-order valence-corrected chi connectivity index (χ0v) is 14.4. The Morgan fingerprint density at radius 2 is 1.67 bits per heavy atom. The smallest absolute Gasteiger partial charge is 0.0818 e. The highest BCUT2D eigenvalue weighted by Gasteiger charge is 2.38. The monoisotopic (exact) mass is 274 g/mol. The zero-order valence-electron chi connectivity index (χ0n) is 13.4. The average molecular weight is 275 g/mol. The maximum absolute atomic E-state index is 10.6. The van der Waals surface area contributed by atoms with Gasteiger partial charge in [0, 0.05) is 7.11 Å². The van der Waals surface area contributed by atoms with Crippen molar-refractivity contribution in [2.24, 2.45) is 0 Å². The van der Waals surface area contributed by atoms with E-state index in [0.29, 0.717) is 0 Å². The molecule has 0 aliphatic heterocycles. The van der Waals surface area contributed by atoms with Crippen LogP contribution in [0, 0.1) is 0 Å². The normalized spacial score (nSPS) is 17.5. The number of unbranched alkanes of at least 4 members (excludes halogenated alkanes) is 4. The summed E-state index contributed by atoms with van der Waals surface area (Å²) in [5.41, 5.74) is 0. The van der Waals surface area contributed by atoms with Crippen molar-refractivity contribution in [1.82, 2.24) is 0 Å². The molecule has 0 aromatic rings. The maximum atomic E-state index is 10.6.